The third-order valence-electron chi connectivity index (χ3n) is 3.38. The summed E-state index contributed by atoms with van der Waals surface area (Å²) < 4.78 is 13.2. The molecular weight excluding hydrogens is 285 g/mol. The molecule has 2 aromatic rings. The van der Waals surface area contributed by atoms with Crippen molar-refractivity contribution in [3.8, 4) is 5.75 Å². The molecular formula is C17H18FNO3. The predicted octanol–water partition coefficient (Wildman–Crippen LogP) is 2.27. The van der Waals surface area contributed by atoms with Crippen LogP contribution in [-0.2, 0) is 24.4 Å². The molecule has 0 saturated carbocycles. The van der Waals surface area contributed by atoms with Gasteiger partial charge in [-0.15, -0.1) is 0 Å². The van der Waals surface area contributed by atoms with Gasteiger partial charge in [0.2, 0.25) is 5.91 Å². The Kier molecular flexibility index (Phi) is 5.49. The summed E-state index contributed by atoms with van der Waals surface area (Å²) in [5.74, 6) is -0.434. The zero-order valence-corrected chi connectivity index (χ0v) is 12.1. The molecule has 4 nitrogen and oxygen atoms in total. The maximum absolute atomic E-state index is 13.2. The lowest BCUT2D eigenvalue weighted by atomic mass is 10.1. The van der Waals surface area contributed by atoms with E-state index in [0.29, 0.717) is 6.42 Å². The lowest BCUT2D eigenvalue weighted by Crippen LogP contribution is -2.23. The number of aromatic hydroxyl groups is 1. The SMILES string of the molecule is O=C(CCc1ccccc1O)NCc1ccc(F)c(CO)c1. The fourth-order valence-corrected chi connectivity index (χ4v) is 2.12. The standard InChI is InChI=1S/C17H18FNO3/c18-15-7-5-12(9-14(15)11-20)10-19-17(22)8-6-13-3-1-2-4-16(13)21/h1-5,7,9,20-21H,6,8,10-11H2,(H,19,22). The highest BCUT2D eigenvalue weighted by Gasteiger charge is 2.07. The van der Waals surface area contributed by atoms with Crippen LogP contribution in [0.15, 0.2) is 42.5 Å². The molecule has 0 aliphatic carbocycles. The van der Waals surface area contributed by atoms with Crippen LogP contribution in [0.4, 0.5) is 4.39 Å². The molecule has 5 heteroatoms. The van der Waals surface area contributed by atoms with Crippen LogP contribution in [0.5, 0.6) is 5.75 Å². The van der Waals surface area contributed by atoms with Gasteiger partial charge >= 0.3 is 0 Å². The van der Waals surface area contributed by atoms with Gasteiger partial charge < -0.3 is 15.5 Å². The summed E-state index contributed by atoms with van der Waals surface area (Å²) in [5, 5.41) is 21.4. The first-order chi connectivity index (χ1) is 10.6. The van der Waals surface area contributed by atoms with Crippen molar-refractivity contribution in [2.24, 2.45) is 0 Å². The van der Waals surface area contributed by atoms with Crippen LogP contribution >= 0.6 is 0 Å². The Bertz CT molecular complexity index is 658. The van der Waals surface area contributed by atoms with Crippen molar-refractivity contribution in [1.29, 1.82) is 0 Å². The molecule has 0 radical (unpaired) electrons. The monoisotopic (exact) mass is 303 g/mol. The van der Waals surface area contributed by atoms with Crippen molar-refractivity contribution in [2.75, 3.05) is 0 Å². The van der Waals surface area contributed by atoms with Crippen LogP contribution in [0, 0.1) is 5.82 Å². The van der Waals surface area contributed by atoms with E-state index in [2.05, 4.69) is 5.32 Å². The number of carbonyl (C=O) groups excluding carboxylic acids is 1. The maximum atomic E-state index is 13.2. The molecule has 0 atom stereocenters. The Morgan fingerprint density at radius 2 is 1.91 bits per heavy atom. The predicted molar refractivity (Wildman–Crippen MR) is 80.6 cm³/mol. The lowest BCUT2D eigenvalue weighted by molar-refractivity contribution is -0.121. The molecule has 0 unspecified atom stereocenters. The number of phenols is 1. The Hall–Kier alpha value is -2.40. The quantitative estimate of drug-likeness (QED) is 0.767. The second-order valence-electron chi connectivity index (χ2n) is 4.99. The number of aliphatic hydroxyl groups excluding tert-OH is 1. The molecule has 0 fully saturated rings. The van der Waals surface area contributed by atoms with E-state index in [4.69, 9.17) is 5.11 Å². The summed E-state index contributed by atoms with van der Waals surface area (Å²) in [6.07, 6.45) is 0.704. The summed E-state index contributed by atoms with van der Waals surface area (Å²) in [6.45, 7) is -0.103. The molecule has 0 aromatic heterocycles. The van der Waals surface area contributed by atoms with Gasteiger partial charge in [0.1, 0.15) is 11.6 Å². The van der Waals surface area contributed by atoms with E-state index in [1.165, 1.54) is 12.1 Å². The molecule has 0 heterocycles. The highest BCUT2D eigenvalue weighted by molar-refractivity contribution is 5.76. The van der Waals surface area contributed by atoms with Gasteiger partial charge in [-0.25, -0.2) is 4.39 Å². The van der Waals surface area contributed by atoms with Crippen molar-refractivity contribution >= 4 is 5.91 Å². The smallest absolute Gasteiger partial charge is 0.220 e. The Morgan fingerprint density at radius 3 is 2.64 bits per heavy atom. The topological polar surface area (TPSA) is 69.6 Å². The van der Waals surface area contributed by atoms with Crippen molar-refractivity contribution in [1.82, 2.24) is 5.32 Å². The molecule has 116 valence electrons. The molecule has 0 aliphatic rings. The van der Waals surface area contributed by atoms with Gasteiger partial charge in [0.25, 0.3) is 0 Å². The van der Waals surface area contributed by atoms with Crippen molar-refractivity contribution in [2.45, 2.75) is 26.0 Å². The largest absolute Gasteiger partial charge is 0.508 e. The van der Waals surface area contributed by atoms with Gasteiger partial charge in [-0.05, 0) is 35.7 Å². The van der Waals surface area contributed by atoms with Crippen LogP contribution in [0.1, 0.15) is 23.1 Å². The van der Waals surface area contributed by atoms with E-state index in [1.807, 2.05) is 6.07 Å². The summed E-state index contributed by atoms with van der Waals surface area (Å²) >= 11 is 0. The van der Waals surface area contributed by atoms with E-state index in [1.54, 1.807) is 24.3 Å². The molecule has 2 rings (SSSR count). The molecule has 0 spiro atoms. The van der Waals surface area contributed by atoms with Crippen LogP contribution < -0.4 is 5.32 Å². The van der Waals surface area contributed by atoms with Crippen molar-refractivity contribution < 1.29 is 19.4 Å². The molecule has 1 amide bonds. The number of phenolic OH excluding ortho intramolecular Hbond substituents is 1. The van der Waals surface area contributed by atoms with Crippen LogP contribution in [0.2, 0.25) is 0 Å². The average Bonchev–Trinajstić information content (AvgIpc) is 2.53. The van der Waals surface area contributed by atoms with Gasteiger partial charge in [-0.3, -0.25) is 4.79 Å². The van der Waals surface area contributed by atoms with Crippen molar-refractivity contribution in [3.05, 3.63) is 65.0 Å². The van der Waals surface area contributed by atoms with E-state index in [-0.39, 0.29) is 36.8 Å². The van der Waals surface area contributed by atoms with E-state index >= 15 is 0 Å². The zero-order chi connectivity index (χ0) is 15.9. The number of para-hydroxylation sites is 1. The minimum atomic E-state index is -0.461. The van der Waals surface area contributed by atoms with Gasteiger partial charge in [0.05, 0.1) is 6.61 Å². The second-order valence-corrected chi connectivity index (χ2v) is 4.99. The summed E-state index contributed by atoms with van der Waals surface area (Å²) in [7, 11) is 0. The highest BCUT2D eigenvalue weighted by Crippen LogP contribution is 2.17. The number of aliphatic hydroxyl groups is 1. The minimum Gasteiger partial charge on any atom is -0.508 e. The molecule has 22 heavy (non-hydrogen) atoms. The summed E-state index contributed by atoms with van der Waals surface area (Å²) in [6, 6.07) is 11.3. The number of hydrogen-bond donors (Lipinski definition) is 3. The summed E-state index contributed by atoms with van der Waals surface area (Å²) in [5.41, 5.74) is 1.66. The van der Waals surface area contributed by atoms with Crippen LogP contribution in [0.3, 0.4) is 0 Å². The molecule has 0 bridgehead atoms. The first-order valence-corrected chi connectivity index (χ1v) is 7.02. The van der Waals surface area contributed by atoms with Gasteiger partial charge in [0.15, 0.2) is 0 Å². The van der Waals surface area contributed by atoms with E-state index in [0.717, 1.165) is 11.1 Å². The van der Waals surface area contributed by atoms with E-state index in [9.17, 15) is 14.3 Å². The molecule has 0 saturated heterocycles. The zero-order valence-electron chi connectivity index (χ0n) is 12.1. The Balaban J connectivity index is 1.84. The maximum Gasteiger partial charge on any atom is 0.220 e. The first-order valence-electron chi connectivity index (χ1n) is 7.02. The number of halogens is 1. The number of nitrogens with one attached hydrogen (secondary N) is 1. The minimum absolute atomic E-state index is 0.155. The average molecular weight is 303 g/mol. The number of rotatable bonds is 6. The van der Waals surface area contributed by atoms with Gasteiger partial charge in [0, 0.05) is 18.5 Å². The van der Waals surface area contributed by atoms with Gasteiger partial charge in [-0.1, -0.05) is 24.3 Å². The molecule has 0 aliphatic heterocycles. The number of hydrogen-bond acceptors (Lipinski definition) is 3. The third-order valence-corrected chi connectivity index (χ3v) is 3.38. The number of benzene rings is 2. The molecule has 3 N–H and O–H groups in total. The Labute approximate surface area is 128 Å². The molecule has 2 aromatic carbocycles. The first kappa shape index (κ1) is 16.0. The Morgan fingerprint density at radius 1 is 1.14 bits per heavy atom. The lowest BCUT2D eigenvalue weighted by Gasteiger charge is -2.08. The van der Waals surface area contributed by atoms with Crippen LogP contribution in [-0.4, -0.2) is 16.1 Å². The number of aryl methyl sites for hydroxylation is 1. The number of carbonyl (C=O) groups is 1. The number of amides is 1. The van der Waals surface area contributed by atoms with Crippen molar-refractivity contribution in [3.63, 3.8) is 0 Å². The normalized spacial score (nSPS) is 10.5. The fraction of sp³-hybridized carbons (Fsp3) is 0.235. The fourth-order valence-electron chi connectivity index (χ4n) is 2.12. The van der Waals surface area contributed by atoms with Crippen LogP contribution in [0.25, 0.3) is 0 Å². The highest BCUT2D eigenvalue weighted by atomic mass is 19.1. The second kappa shape index (κ2) is 7.56. The van der Waals surface area contributed by atoms with E-state index < -0.39 is 5.82 Å². The summed E-state index contributed by atoms with van der Waals surface area (Å²) in [4.78, 5) is 11.8. The van der Waals surface area contributed by atoms with Gasteiger partial charge in [-0.2, -0.15) is 0 Å². The third kappa shape index (κ3) is 4.30.